The van der Waals surface area contributed by atoms with Crippen molar-refractivity contribution in [1.82, 2.24) is 10.2 Å². The number of H-pyrrole nitrogens is 1. The number of benzene rings is 1. The van der Waals surface area contributed by atoms with E-state index in [-0.39, 0.29) is 18.3 Å². The molecule has 0 saturated carbocycles. The molecule has 1 aliphatic rings. The predicted octanol–water partition coefficient (Wildman–Crippen LogP) is 3.36. The zero-order chi connectivity index (χ0) is 16.4. The van der Waals surface area contributed by atoms with Gasteiger partial charge in [0.05, 0.1) is 10.7 Å². The first-order valence-corrected chi connectivity index (χ1v) is 8.34. The van der Waals surface area contributed by atoms with Gasteiger partial charge in [-0.1, -0.05) is 27.5 Å². The summed E-state index contributed by atoms with van der Waals surface area (Å²) in [4.78, 5) is 12.4. The van der Waals surface area contributed by atoms with Crippen molar-refractivity contribution in [2.45, 2.75) is 18.4 Å². The van der Waals surface area contributed by atoms with Gasteiger partial charge in [0.25, 0.3) is 0 Å². The van der Waals surface area contributed by atoms with Crippen molar-refractivity contribution in [3.8, 4) is 11.3 Å². The molecule has 0 unspecified atom stereocenters. The van der Waals surface area contributed by atoms with Crippen molar-refractivity contribution >= 4 is 51.7 Å². The van der Waals surface area contributed by atoms with Gasteiger partial charge in [-0.25, -0.2) is 0 Å². The molecule has 130 valence electrons. The summed E-state index contributed by atoms with van der Waals surface area (Å²) in [5, 5.41) is 10.3. The molecule has 24 heavy (non-hydrogen) atoms. The number of ether oxygens (including phenoxy) is 1. The lowest BCUT2D eigenvalue weighted by Crippen LogP contribution is -2.54. The van der Waals surface area contributed by atoms with E-state index in [1.807, 2.05) is 12.1 Å². The summed E-state index contributed by atoms with van der Waals surface area (Å²) in [7, 11) is 0. The Morgan fingerprint density at radius 1 is 1.38 bits per heavy atom. The average molecular weight is 436 g/mol. The van der Waals surface area contributed by atoms with E-state index in [1.165, 1.54) is 0 Å². The highest BCUT2D eigenvalue weighted by Gasteiger charge is 2.36. The Kier molecular flexibility index (Phi) is 6.28. The van der Waals surface area contributed by atoms with Gasteiger partial charge in [-0.15, -0.1) is 12.4 Å². The van der Waals surface area contributed by atoms with Crippen LogP contribution < -0.4 is 11.1 Å². The fourth-order valence-corrected chi connectivity index (χ4v) is 3.01. The number of aromatic nitrogens is 2. The van der Waals surface area contributed by atoms with Gasteiger partial charge < -0.3 is 15.8 Å². The Hall–Kier alpha value is -1.12. The van der Waals surface area contributed by atoms with Crippen molar-refractivity contribution in [1.29, 1.82) is 0 Å². The number of nitrogens with two attached hydrogens (primary N) is 1. The highest BCUT2D eigenvalue weighted by Crippen LogP contribution is 2.30. The summed E-state index contributed by atoms with van der Waals surface area (Å²) in [6.07, 6.45) is 0.987. The second kappa shape index (κ2) is 7.84. The van der Waals surface area contributed by atoms with Crippen LogP contribution in [0.25, 0.3) is 11.3 Å². The van der Waals surface area contributed by atoms with Crippen LogP contribution in [-0.2, 0) is 9.53 Å². The lowest BCUT2D eigenvalue weighted by Gasteiger charge is -2.31. The lowest BCUT2D eigenvalue weighted by atomic mass is 9.90. The number of carbonyl (C=O) groups is 1. The highest BCUT2D eigenvalue weighted by molar-refractivity contribution is 9.10. The number of hydrogen-bond donors (Lipinski definition) is 3. The van der Waals surface area contributed by atoms with Crippen LogP contribution in [-0.4, -0.2) is 34.9 Å². The van der Waals surface area contributed by atoms with Gasteiger partial charge in [0.1, 0.15) is 5.54 Å². The smallest absolute Gasteiger partial charge is 0.245 e. The average Bonchev–Trinajstić information content (AvgIpc) is 2.99. The second-order valence-electron chi connectivity index (χ2n) is 5.51. The monoisotopic (exact) mass is 434 g/mol. The molecule has 6 nitrogen and oxygen atoms in total. The second-order valence-corrected chi connectivity index (χ2v) is 6.84. The largest absolute Gasteiger partial charge is 0.381 e. The number of rotatable bonds is 3. The van der Waals surface area contributed by atoms with E-state index in [0.717, 1.165) is 10.0 Å². The van der Waals surface area contributed by atoms with Crippen molar-refractivity contribution in [3.63, 3.8) is 0 Å². The van der Waals surface area contributed by atoms with Crippen LogP contribution in [0.4, 0.5) is 5.82 Å². The number of hydrogen-bond acceptors (Lipinski definition) is 4. The van der Waals surface area contributed by atoms with Gasteiger partial charge in [-0.2, -0.15) is 5.10 Å². The van der Waals surface area contributed by atoms with E-state index in [4.69, 9.17) is 22.1 Å². The number of aromatic amines is 1. The Morgan fingerprint density at radius 2 is 2.08 bits per heavy atom. The van der Waals surface area contributed by atoms with Crippen molar-refractivity contribution < 1.29 is 9.53 Å². The molecule has 1 amide bonds. The third-order valence-corrected chi connectivity index (χ3v) is 4.70. The zero-order valence-corrected chi connectivity index (χ0v) is 15.8. The number of amides is 1. The molecule has 2 aromatic rings. The third-order valence-electron chi connectivity index (χ3n) is 3.88. The molecule has 4 N–H and O–H groups in total. The van der Waals surface area contributed by atoms with Crippen molar-refractivity contribution in [2.24, 2.45) is 5.73 Å². The maximum absolute atomic E-state index is 12.4. The Bertz CT molecular complexity index is 732. The standard InChI is InChI=1S/C15H16BrClN4O2.ClH/c16-9-1-2-11(17)10(7-9)12-8-13(21-20-12)19-14(22)15(18)3-5-23-6-4-15;/h1-2,7-8H,3-6,18H2,(H2,19,20,21,22);1H. The molecule has 2 heterocycles. The fourth-order valence-electron chi connectivity index (χ4n) is 2.43. The molecule has 1 fully saturated rings. The van der Waals surface area contributed by atoms with Gasteiger partial charge in [0.2, 0.25) is 5.91 Å². The van der Waals surface area contributed by atoms with Crippen LogP contribution in [0.2, 0.25) is 5.02 Å². The lowest BCUT2D eigenvalue weighted by molar-refractivity contribution is -0.124. The van der Waals surface area contributed by atoms with Crippen molar-refractivity contribution in [2.75, 3.05) is 18.5 Å². The summed E-state index contributed by atoms with van der Waals surface area (Å²) >= 11 is 9.61. The molecular formula is C15H17BrCl2N4O2. The van der Waals surface area contributed by atoms with E-state index in [2.05, 4.69) is 31.4 Å². The molecular weight excluding hydrogens is 419 g/mol. The molecule has 1 aromatic carbocycles. The zero-order valence-electron chi connectivity index (χ0n) is 12.6. The first kappa shape index (κ1) is 19.2. The van der Waals surface area contributed by atoms with E-state index in [1.54, 1.807) is 12.1 Å². The van der Waals surface area contributed by atoms with Gasteiger partial charge in [-0.3, -0.25) is 9.89 Å². The Morgan fingerprint density at radius 3 is 2.79 bits per heavy atom. The SMILES string of the molecule is Cl.NC1(C(=O)Nc2cc(-c3cc(Br)ccc3Cl)[nH]n2)CCOCC1. The van der Waals surface area contributed by atoms with E-state index >= 15 is 0 Å². The minimum atomic E-state index is -0.912. The van der Waals surface area contributed by atoms with Crippen LogP contribution in [0, 0.1) is 0 Å². The molecule has 0 atom stereocenters. The topological polar surface area (TPSA) is 93.0 Å². The number of nitrogens with zero attached hydrogens (tertiary/aromatic N) is 1. The fraction of sp³-hybridized carbons (Fsp3) is 0.333. The molecule has 3 rings (SSSR count). The third kappa shape index (κ3) is 4.10. The summed E-state index contributed by atoms with van der Waals surface area (Å²) < 4.78 is 6.15. The molecule has 1 aliphatic heterocycles. The maximum atomic E-state index is 12.4. The number of carbonyl (C=O) groups excluding carboxylic acids is 1. The predicted molar refractivity (Wildman–Crippen MR) is 99.6 cm³/mol. The first-order chi connectivity index (χ1) is 11.0. The van der Waals surface area contributed by atoms with Crippen LogP contribution in [0.1, 0.15) is 12.8 Å². The Balaban J connectivity index is 0.00000208. The molecule has 9 heteroatoms. The minimum Gasteiger partial charge on any atom is -0.381 e. The molecule has 0 spiro atoms. The summed E-state index contributed by atoms with van der Waals surface area (Å²) in [5.74, 6) is 0.163. The minimum absolute atomic E-state index is 0. The van der Waals surface area contributed by atoms with Gasteiger partial charge in [0, 0.05) is 29.3 Å². The quantitative estimate of drug-likeness (QED) is 0.688. The van der Waals surface area contributed by atoms with Gasteiger partial charge in [0.15, 0.2) is 5.82 Å². The molecule has 0 radical (unpaired) electrons. The van der Waals surface area contributed by atoms with Crippen LogP contribution >= 0.6 is 39.9 Å². The van der Waals surface area contributed by atoms with E-state index in [0.29, 0.717) is 42.6 Å². The van der Waals surface area contributed by atoms with E-state index in [9.17, 15) is 4.79 Å². The Labute approximate surface area is 159 Å². The number of nitrogens with one attached hydrogen (secondary N) is 2. The van der Waals surface area contributed by atoms with Crippen LogP contribution in [0.3, 0.4) is 0 Å². The van der Waals surface area contributed by atoms with Gasteiger partial charge in [-0.05, 0) is 31.0 Å². The van der Waals surface area contributed by atoms with Crippen LogP contribution in [0.15, 0.2) is 28.7 Å². The summed E-state index contributed by atoms with van der Waals surface area (Å²) in [5.41, 5.74) is 6.75. The summed E-state index contributed by atoms with van der Waals surface area (Å²) in [6.45, 7) is 0.979. The maximum Gasteiger partial charge on any atom is 0.245 e. The normalized spacial score (nSPS) is 16.3. The molecule has 1 aromatic heterocycles. The molecule has 1 saturated heterocycles. The first-order valence-electron chi connectivity index (χ1n) is 7.17. The summed E-state index contributed by atoms with van der Waals surface area (Å²) in [6, 6.07) is 7.25. The van der Waals surface area contributed by atoms with E-state index < -0.39 is 5.54 Å². The number of halogens is 3. The number of anilines is 1. The molecule has 0 bridgehead atoms. The molecule has 0 aliphatic carbocycles. The van der Waals surface area contributed by atoms with Crippen molar-refractivity contribution in [3.05, 3.63) is 33.8 Å². The van der Waals surface area contributed by atoms with Crippen LogP contribution in [0.5, 0.6) is 0 Å². The highest BCUT2D eigenvalue weighted by atomic mass is 79.9. The van der Waals surface area contributed by atoms with Gasteiger partial charge >= 0.3 is 0 Å².